The molecule has 3 saturated carbocycles. The van der Waals surface area contributed by atoms with Gasteiger partial charge in [0, 0.05) is 0 Å². The van der Waals surface area contributed by atoms with Crippen molar-refractivity contribution in [2.45, 2.75) is 137 Å². The molecule has 3 nitrogen and oxygen atoms in total. The molecule has 0 radical (unpaired) electrons. The van der Waals surface area contributed by atoms with E-state index in [4.69, 9.17) is 6.15 Å². The molecule has 0 aromatic rings. The predicted molar refractivity (Wildman–Crippen MR) is 145 cm³/mol. The molecular formula is C31H54O3Sn. The third kappa shape index (κ3) is 5.68. The second-order valence-corrected chi connectivity index (χ2v) is 16.6. The van der Waals surface area contributed by atoms with Gasteiger partial charge in [-0.25, -0.2) is 0 Å². The Labute approximate surface area is 224 Å². The predicted octanol–water partition coefficient (Wildman–Crippen LogP) is 8.79. The topological polar surface area (TPSA) is 35.5 Å². The minimum absolute atomic E-state index is 0.303. The van der Waals surface area contributed by atoms with Gasteiger partial charge in [0.05, 0.1) is 0 Å². The summed E-state index contributed by atoms with van der Waals surface area (Å²) in [5.41, 5.74) is 2.26. The normalized spacial score (nSPS) is 38.3. The Morgan fingerprint density at radius 2 is 1.91 bits per heavy atom. The summed E-state index contributed by atoms with van der Waals surface area (Å²) >= 11 is -3.52. The second-order valence-electron chi connectivity index (χ2n) is 13.8. The summed E-state index contributed by atoms with van der Waals surface area (Å²) in [7, 11) is 0. The number of unbranched alkanes of at least 4 members (excludes halogenated alkanes) is 1. The van der Waals surface area contributed by atoms with Crippen LogP contribution < -0.4 is 0 Å². The van der Waals surface area contributed by atoms with Crippen molar-refractivity contribution >= 4 is 20.6 Å². The van der Waals surface area contributed by atoms with E-state index in [1.165, 1.54) is 64.2 Å². The summed E-state index contributed by atoms with van der Waals surface area (Å²) in [5.74, 6) is 3.69. The average molecular weight is 593 g/mol. The van der Waals surface area contributed by atoms with Gasteiger partial charge in [0.2, 0.25) is 0 Å². The first kappa shape index (κ1) is 28.3. The van der Waals surface area contributed by atoms with Gasteiger partial charge in [0.25, 0.3) is 0 Å². The maximum atomic E-state index is 13.1. The molecule has 0 amide bonds. The van der Waals surface area contributed by atoms with Crippen molar-refractivity contribution < 1.29 is 9.23 Å². The molecule has 0 aromatic carbocycles. The summed E-state index contributed by atoms with van der Waals surface area (Å²) < 4.78 is 25.5. The van der Waals surface area contributed by atoms with Crippen molar-refractivity contribution in [2.24, 2.45) is 40.4 Å². The molecule has 3 unspecified atom stereocenters. The van der Waals surface area contributed by atoms with Crippen LogP contribution in [0.3, 0.4) is 0 Å². The number of hydrogen-bond acceptors (Lipinski definition) is 3. The Morgan fingerprint density at radius 3 is 2.66 bits per heavy atom. The summed E-state index contributed by atoms with van der Waals surface area (Å²) in [6, 6.07) is 0. The van der Waals surface area contributed by atoms with Crippen molar-refractivity contribution in [3.05, 3.63) is 11.6 Å². The summed E-state index contributed by atoms with van der Waals surface area (Å²) in [6.45, 7) is 14.9. The SMILES string of the molecule is CCCC[O][Sn](=[O])[O][C@](C)(CCCC(C)C)[C@H]1CCC2C3CC=C4CCCC[C@]4(C)C3CC[C@@]21C. The van der Waals surface area contributed by atoms with E-state index >= 15 is 0 Å². The standard InChI is InChI=1S/C27H45O.C4H9O.O.Sn/c1-19(2)9-8-17-27(5,28)24-14-13-22-21-12-11-20-10-6-7-16-25(20,3)23(21)15-18-26(22,24)4;1-2-3-4-5;;/h11,19,21-24H,6-10,12-18H2,1-5H3;2-4H2,1H3;;/q2*-1;;+2/t21?,22?,23?,24-,25-,26-,27+;;;/m0.../s1. The molecule has 0 saturated heterocycles. The first-order valence-electron chi connectivity index (χ1n) is 15.2. The van der Waals surface area contributed by atoms with Gasteiger partial charge in [-0.1, -0.05) is 0 Å². The minimum atomic E-state index is -3.52. The summed E-state index contributed by atoms with van der Waals surface area (Å²) in [4.78, 5) is 0. The van der Waals surface area contributed by atoms with Crippen molar-refractivity contribution in [1.82, 2.24) is 0 Å². The molecular weight excluding hydrogens is 539 g/mol. The van der Waals surface area contributed by atoms with Gasteiger partial charge in [0.1, 0.15) is 0 Å². The Hall–Kier alpha value is 0.259. The Bertz CT molecular complexity index is 777. The Morgan fingerprint density at radius 1 is 1.11 bits per heavy atom. The van der Waals surface area contributed by atoms with E-state index in [9.17, 15) is 3.08 Å². The van der Waals surface area contributed by atoms with Gasteiger partial charge in [-0.15, -0.1) is 0 Å². The molecule has 4 aliphatic rings. The van der Waals surface area contributed by atoms with Crippen molar-refractivity contribution in [3.8, 4) is 0 Å². The van der Waals surface area contributed by atoms with E-state index in [0.717, 1.165) is 43.4 Å². The first-order chi connectivity index (χ1) is 16.6. The number of allylic oxidation sites excluding steroid dienone is 2. The van der Waals surface area contributed by atoms with Gasteiger partial charge in [-0.2, -0.15) is 0 Å². The molecule has 4 aliphatic carbocycles. The Kier molecular flexibility index (Phi) is 9.34. The molecule has 7 atom stereocenters. The van der Waals surface area contributed by atoms with Crippen molar-refractivity contribution in [3.63, 3.8) is 0 Å². The van der Waals surface area contributed by atoms with Gasteiger partial charge >= 0.3 is 226 Å². The van der Waals surface area contributed by atoms with Crippen molar-refractivity contribution in [1.29, 1.82) is 0 Å². The molecule has 35 heavy (non-hydrogen) atoms. The molecule has 3 fully saturated rings. The van der Waals surface area contributed by atoms with Crippen LogP contribution in [0.1, 0.15) is 131 Å². The van der Waals surface area contributed by atoms with E-state index in [0.29, 0.717) is 29.3 Å². The van der Waals surface area contributed by atoms with Crippen LogP contribution >= 0.6 is 0 Å². The van der Waals surface area contributed by atoms with E-state index < -0.39 is 20.6 Å². The molecule has 4 heteroatoms. The average Bonchev–Trinajstić information content (AvgIpc) is 3.16. The van der Waals surface area contributed by atoms with E-state index in [-0.39, 0.29) is 5.60 Å². The van der Waals surface area contributed by atoms with Crippen LogP contribution in [0, 0.1) is 40.4 Å². The monoisotopic (exact) mass is 594 g/mol. The fraction of sp³-hybridized carbons (Fsp3) is 0.935. The third-order valence-electron chi connectivity index (χ3n) is 11.2. The van der Waals surface area contributed by atoms with Crippen LogP contribution in [-0.4, -0.2) is 32.8 Å². The number of fused-ring (bicyclic) bond motifs is 5. The molecule has 4 rings (SSSR count). The quantitative estimate of drug-likeness (QED) is 0.137. The van der Waals surface area contributed by atoms with Crippen LogP contribution in [-0.2, 0) is 9.23 Å². The van der Waals surface area contributed by atoms with Gasteiger partial charge < -0.3 is 0 Å². The van der Waals surface area contributed by atoms with Gasteiger partial charge in [-0.3, -0.25) is 0 Å². The summed E-state index contributed by atoms with van der Waals surface area (Å²) in [6.07, 6.45) is 20.3. The van der Waals surface area contributed by atoms with Crippen molar-refractivity contribution in [2.75, 3.05) is 6.61 Å². The maximum absolute atomic E-state index is 13.1. The fourth-order valence-electron chi connectivity index (χ4n) is 9.38. The van der Waals surface area contributed by atoms with E-state index in [2.05, 4.69) is 47.6 Å². The number of hydrogen-bond donors (Lipinski definition) is 0. The molecule has 0 N–H and O–H groups in total. The number of rotatable bonds is 11. The van der Waals surface area contributed by atoms with Crippen LogP contribution in [0.2, 0.25) is 0 Å². The van der Waals surface area contributed by atoms with Crippen LogP contribution in [0.15, 0.2) is 11.6 Å². The van der Waals surface area contributed by atoms with Crippen LogP contribution in [0.25, 0.3) is 0 Å². The van der Waals surface area contributed by atoms with E-state index in [1.807, 2.05) is 0 Å². The second kappa shape index (κ2) is 11.6. The zero-order valence-electron chi connectivity index (χ0n) is 23.8. The summed E-state index contributed by atoms with van der Waals surface area (Å²) in [5, 5.41) is 0. The fourth-order valence-corrected chi connectivity index (χ4v) is 12.2. The zero-order chi connectivity index (χ0) is 25.3. The molecule has 0 heterocycles. The first-order valence-corrected chi connectivity index (χ1v) is 18.7. The van der Waals surface area contributed by atoms with E-state index in [1.54, 1.807) is 5.57 Å². The zero-order valence-corrected chi connectivity index (χ0v) is 26.6. The Balaban J connectivity index is 1.54. The van der Waals surface area contributed by atoms with Gasteiger partial charge in [-0.05, 0) is 0 Å². The van der Waals surface area contributed by atoms with Gasteiger partial charge in [0.15, 0.2) is 0 Å². The third-order valence-corrected chi connectivity index (χ3v) is 14.3. The molecule has 0 bridgehead atoms. The molecule has 0 spiro atoms. The van der Waals surface area contributed by atoms with Crippen LogP contribution in [0.4, 0.5) is 0 Å². The molecule has 200 valence electrons. The molecule has 0 aromatic heterocycles. The molecule has 0 aliphatic heterocycles. The van der Waals surface area contributed by atoms with Crippen LogP contribution in [0.5, 0.6) is 0 Å².